The van der Waals surface area contributed by atoms with Crippen LogP contribution in [0.25, 0.3) is 0 Å². The van der Waals surface area contributed by atoms with Crippen molar-refractivity contribution in [2.75, 3.05) is 10.6 Å². The van der Waals surface area contributed by atoms with Crippen molar-refractivity contribution in [3.8, 4) is 0 Å². The van der Waals surface area contributed by atoms with Gasteiger partial charge >= 0.3 is 0 Å². The number of hydrogen-bond donors (Lipinski definition) is 1. The normalized spacial score (nSPS) is 13.8. The molecule has 0 saturated carbocycles. The number of rotatable bonds is 1. The molecule has 1 heterocycles. The molecule has 0 aromatic heterocycles. The maximum Gasteiger partial charge on any atom is 0.266 e. The topological polar surface area (TPSA) is 63.4 Å². The number of nitrogens with zero attached hydrogens (tertiary/aromatic N) is 1. The highest BCUT2D eigenvalue weighted by molar-refractivity contribution is 9.10. The van der Waals surface area contributed by atoms with Crippen LogP contribution in [0.3, 0.4) is 0 Å². The minimum absolute atomic E-state index is 0.307. The number of nitrogen functional groups attached to an aromatic ring is 1. The van der Waals surface area contributed by atoms with Crippen LogP contribution < -0.4 is 10.6 Å². The van der Waals surface area contributed by atoms with Crippen LogP contribution in [0.1, 0.15) is 20.7 Å². The maximum absolute atomic E-state index is 12.4. The molecule has 0 unspecified atom stereocenters. The number of imide groups is 1. The molecule has 0 aliphatic carbocycles. The Morgan fingerprint density at radius 3 is 2.50 bits per heavy atom. The largest absolute Gasteiger partial charge is 0.399 e. The lowest BCUT2D eigenvalue weighted by Gasteiger charge is -2.16. The predicted octanol–water partition coefficient (Wildman–Crippen LogP) is 3.49. The van der Waals surface area contributed by atoms with Crippen LogP contribution in [-0.4, -0.2) is 11.8 Å². The van der Waals surface area contributed by atoms with Gasteiger partial charge in [0.15, 0.2) is 0 Å². The van der Waals surface area contributed by atoms with Crippen LogP contribution >= 0.6 is 27.5 Å². The highest BCUT2D eigenvalue weighted by Crippen LogP contribution is 2.37. The number of carbonyl (C=O) groups is 2. The lowest BCUT2D eigenvalue weighted by molar-refractivity contribution is 0.0926. The van der Waals surface area contributed by atoms with Gasteiger partial charge in [-0.2, -0.15) is 0 Å². The highest BCUT2D eigenvalue weighted by atomic mass is 79.9. The Labute approximate surface area is 128 Å². The SMILES string of the molecule is Nc1ccc2c(c1)C(=O)N(c1cccc(Cl)c1Br)C2=O. The van der Waals surface area contributed by atoms with Crippen LogP contribution in [-0.2, 0) is 0 Å². The lowest BCUT2D eigenvalue weighted by Crippen LogP contribution is -2.29. The molecular formula is C14H8BrClN2O2. The first-order valence-electron chi connectivity index (χ1n) is 5.73. The summed E-state index contributed by atoms with van der Waals surface area (Å²) in [6, 6.07) is 9.67. The zero-order valence-electron chi connectivity index (χ0n) is 10.1. The van der Waals surface area contributed by atoms with Crippen molar-refractivity contribution in [2.24, 2.45) is 0 Å². The molecule has 2 aromatic carbocycles. The van der Waals surface area contributed by atoms with Crippen molar-refractivity contribution >= 4 is 50.7 Å². The molecule has 0 radical (unpaired) electrons. The standard InChI is InChI=1S/C14H8BrClN2O2/c15-12-10(16)2-1-3-11(12)18-13(19)8-5-4-7(17)6-9(8)14(18)20/h1-6H,17H2. The van der Waals surface area contributed by atoms with Crippen molar-refractivity contribution in [1.82, 2.24) is 0 Å². The Balaban J connectivity index is 2.17. The van der Waals surface area contributed by atoms with Crippen molar-refractivity contribution in [2.45, 2.75) is 0 Å². The summed E-state index contributed by atoms with van der Waals surface area (Å²) in [6.45, 7) is 0. The number of hydrogen-bond acceptors (Lipinski definition) is 3. The van der Waals surface area contributed by atoms with Crippen molar-refractivity contribution in [3.05, 3.63) is 57.0 Å². The maximum atomic E-state index is 12.4. The molecule has 0 bridgehead atoms. The fourth-order valence-electron chi connectivity index (χ4n) is 2.14. The highest BCUT2D eigenvalue weighted by Gasteiger charge is 2.37. The second kappa shape index (κ2) is 4.61. The van der Waals surface area contributed by atoms with Gasteiger partial charge in [0, 0.05) is 5.69 Å². The van der Waals surface area contributed by atoms with Crippen molar-refractivity contribution in [1.29, 1.82) is 0 Å². The summed E-state index contributed by atoms with van der Waals surface area (Å²) in [5, 5.41) is 0.429. The summed E-state index contributed by atoms with van der Waals surface area (Å²) >= 11 is 9.31. The van der Waals surface area contributed by atoms with Gasteiger partial charge in [-0.15, -0.1) is 0 Å². The number of benzene rings is 2. The molecule has 2 amide bonds. The molecule has 0 fully saturated rings. The van der Waals surface area contributed by atoms with Gasteiger partial charge in [-0.25, -0.2) is 4.90 Å². The Hall–Kier alpha value is -1.85. The zero-order chi connectivity index (χ0) is 14.4. The van der Waals surface area contributed by atoms with E-state index in [1.165, 1.54) is 6.07 Å². The summed E-state index contributed by atoms with van der Waals surface area (Å²) in [6.07, 6.45) is 0. The van der Waals surface area contributed by atoms with Crippen LogP contribution in [0.5, 0.6) is 0 Å². The lowest BCUT2D eigenvalue weighted by atomic mass is 10.1. The zero-order valence-corrected chi connectivity index (χ0v) is 12.4. The second-order valence-corrected chi connectivity index (χ2v) is 5.52. The third-order valence-corrected chi connectivity index (χ3v) is 4.46. The first kappa shape index (κ1) is 13.1. The molecule has 2 aromatic rings. The van der Waals surface area contributed by atoms with Gasteiger partial charge in [-0.1, -0.05) is 17.7 Å². The number of nitrogens with two attached hydrogens (primary N) is 1. The molecule has 2 N–H and O–H groups in total. The Morgan fingerprint density at radius 1 is 1.05 bits per heavy atom. The fourth-order valence-corrected chi connectivity index (χ4v) is 2.75. The summed E-state index contributed by atoms with van der Waals surface area (Å²) in [4.78, 5) is 25.9. The Bertz CT molecular complexity index is 761. The molecule has 20 heavy (non-hydrogen) atoms. The second-order valence-electron chi connectivity index (χ2n) is 4.32. The smallest absolute Gasteiger partial charge is 0.266 e. The quantitative estimate of drug-likeness (QED) is 0.632. The average Bonchev–Trinajstić information content (AvgIpc) is 2.65. The number of halogens is 2. The minimum Gasteiger partial charge on any atom is -0.399 e. The Morgan fingerprint density at radius 2 is 1.75 bits per heavy atom. The van der Waals surface area contributed by atoms with Gasteiger partial charge in [0.1, 0.15) is 0 Å². The summed E-state index contributed by atoms with van der Waals surface area (Å²) in [5.74, 6) is -0.784. The van der Waals surface area contributed by atoms with E-state index in [9.17, 15) is 9.59 Å². The van der Waals surface area contributed by atoms with E-state index >= 15 is 0 Å². The van der Waals surface area contributed by atoms with Crippen LogP contribution in [0, 0.1) is 0 Å². The molecule has 100 valence electrons. The van der Waals surface area contributed by atoms with Crippen molar-refractivity contribution < 1.29 is 9.59 Å². The fraction of sp³-hybridized carbons (Fsp3) is 0. The van der Waals surface area contributed by atoms with Gasteiger partial charge in [0.25, 0.3) is 11.8 Å². The molecule has 1 aliphatic heterocycles. The molecule has 4 nitrogen and oxygen atoms in total. The molecular weight excluding hydrogens is 344 g/mol. The summed E-state index contributed by atoms with van der Waals surface area (Å²) in [7, 11) is 0. The third kappa shape index (κ3) is 1.82. The van der Waals surface area contributed by atoms with Gasteiger partial charge < -0.3 is 5.73 Å². The number of anilines is 2. The minimum atomic E-state index is -0.403. The van der Waals surface area contributed by atoms with Crippen LogP contribution in [0.15, 0.2) is 40.9 Å². The van der Waals surface area contributed by atoms with E-state index in [1.54, 1.807) is 30.3 Å². The van der Waals surface area contributed by atoms with E-state index < -0.39 is 5.91 Å². The Kier molecular flexibility index (Phi) is 3.03. The van der Waals surface area contributed by atoms with E-state index in [2.05, 4.69) is 15.9 Å². The summed E-state index contributed by atoms with van der Waals surface area (Å²) in [5.41, 5.74) is 7.18. The van der Waals surface area contributed by atoms with E-state index in [0.717, 1.165) is 4.90 Å². The number of fused-ring (bicyclic) bond motifs is 1. The molecule has 0 spiro atoms. The summed E-state index contributed by atoms with van der Waals surface area (Å²) < 4.78 is 0.504. The van der Waals surface area contributed by atoms with E-state index in [1.807, 2.05) is 0 Å². The molecule has 3 rings (SSSR count). The van der Waals surface area contributed by atoms with E-state index in [4.69, 9.17) is 17.3 Å². The van der Waals surface area contributed by atoms with Crippen molar-refractivity contribution in [3.63, 3.8) is 0 Å². The number of carbonyl (C=O) groups excluding carboxylic acids is 2. The molecule has 0 atom stereocenters. The third-order valence-electron chi connectivity index (χ3n) is 3.08. The molecule has 6 heteroatoms. The first-order valence-corrected chi connectivity index (χ1v) is 6.90. The van der Waals surface area contributed by atoms with Crippen LogP contribution in [0.4, 0.5) is 11.4 Å². The van der Waals surface area contributed by atoms with Gasteiger partial charge in [-0.05, 0) is 46.3 Å². The van der Waals surface area contributed by atoms with Crippen LogP contribution in [0.2, 0.25) is 5.02 Å². The predicted molar refractivity (Wildman–Crippen MR) is 81.1 cm³/mol. The van der Waals surface area contributed by atoms with Gasteiger partial charge in [0.2, 0.25) is 0 Å². The van der Waals surface area contributed by atoms with Gasteiger partial charge in [-0.3, -0.25) is 9.59 Å². The number of amides is 2. The van der Waals surface area contributed by atoms with E-state index in [-0.39, 0.29) is 5.91 Å². The molecule has 0 saturated heterocycles. The average molecular weight is 352 g/mol. The monoisotopic (exact) mass is 350 g/mol. The van der Waals surface area contributed by atoms with E-state index in [0.29, 0.717) is 32.0 Å². The first-order chi connectivity index (χ1) is 9.50. The molecule has 1 aliphatic rings. The van der Waals surface area contributed by atoms with Gasteiger partial charge in [0.05, 0.1) is 26.3 Å².